The summed E-state index contributed by atoms with van der Waals surface area (Å²) < 4.78 is 30.4. The van der Waals surface area contributed by atoms with E-state index in [0.29, 0.717) is 38.1 Å². The van der Waals surface area contributed by atoms with Crippen LogP contribution in [-0.2, 0) is 24.3 Å². The zero-order valence-corrected chi connectivity index (χ0v) is 18.6. The predicted octanol–water partition coefficient (Wildman–Crippen LogP) is 0.811. The van der Waals surface area contributed by atoms with Crippen LogP contribution in [0.4, 0.5) is 0 Å². The van der Waals surface area contributed by atoms with Crippen molar-refractivity contribution in [3.63, 3.8) is 0 Å². The van der Waals surface area contributed by atoms with Crippen LogP contribution in [0.15, 0.2) is 29.2 Å². The van der Waals surface area contributed by atoms with Crippen LogP contribution in [0.2, 0.25) is 0 Å². The Bertz CT molecular complexity index is 874. The molecule has 0 aromatic heterocycles. The summed E-state index contributed by atoms with van der Waals surface area (Å²) >= 11 is 0. The van der Waals surface area contributed by atoms with Gasteiger partial charge in [0.25, 0.3) is 5.91 Å². The molecule has 0 aliphatic carbocycles. The number of likely N-dealkylation sites (tertiary alicyclic amines) is 1. The van der Waals surface area contributed by atoms with Gasteiger partial charge in [0.2, 0.25) is 15.9 Å². The minimum Gasteiger partial charge on any atom is -0.466 e. The molecule has 2 amide bonds. The molecule has 1 heterocycles. The number of ether oxygens (including phenoxy) is 1. The van der Waals surface area contributed by atoms with Gasteiger partial charge in [0, 0.05) is 39.8 Å². The summed E-state index contributed by atoms with van der Waals surface area (Å²) in [4.78, 5) is 40.0. The largest absolute Gasteiger partial charge is 0.466 e. The molecule has 1 fully saturated rings. The third kappa shape index (κ3) is 5.57. The van der Waals surface area contributed by atoms with Crippen molar-refractivity contribution in [2.45, 2.75) is 24.7 Å². The van der Waals surface area contributed by atoms with Gasteiger partial charge < -0.3 is 14.5 Å². The third-order valence-electron chi connectivity index (χ3n) is 5.07. The Morgan fingerprint density at radius 2 is 1.63 bits per heavy atom. The molecule has 0 radical (unpaired) electrons. The van der Waals surface area contributed by atoms with Crippen molar-refractivity contribution in [1.82, 2.24) is 14.1 Å². The van der Waals surface area contributed by atoms with Gasteiger partial charge in [0.05, 0.1) is 24.0 Å². The van der Waals surface area contributed by atoms with Gasteiger partial charge in [-0.1, -0.05) is 0 Å². The van der Waals surface area contributed by atoms with Crippen LogP contribution in [0.1, 0.15) is 30.1 Å². The number of nitrogens with zero attached hydrogens (tertiary/aromatic N) is 3. The van der Waals surface area contributed by atoms with E-state index in [0.717, 1.165) is 4.31 Å². The lowest BCUT2D eigenvalue weighted by atomic mass is 9.97. The Labute approximate surface area is 177 Å². The Morgan fingerprint density at radius 1 is 1.07 bits per heavy atom. The lowest BCUT2D eigenvalue weighted by Gasteiger charge is -2.32. The second-order valence-electron chi connectivity index (χ2n) is 7.38. The van der Waals surface area contributed by atoms with Crippen molar-refractivity contribution in [2.75, 3.05) is 47.4 Å². The first kappa shape index (κ1) is 23.8. The van der Waals surface area contributed by atoms with Crippen molar-refractivity contribution in [1.29, 1.82) is 0 Å². The minimum atomic E-state index is -3.57. The van der Waals surface area contributed by atoms with Crippen LogP contribution in [-0.4, -0.2) is 87.7 Å². The van der Waals surface area contributed by atoms with Crippen LogP contribution in [0.25, 0.3) is 0 Å². The van der Waals surface area contributed by atoms with E-state index in [1.165, 1.54) is 50.3 Å². The number of carbonyl (C=O) groups is 3. The van der Waals surface area contributed by atoms with Crippen molar-refractivity contribution >= 4 is 27.8 Å². The van der Waals surface area contributed by atoms with E-state index in [1.54, 1.807) is 11.8 Å². The quantitative estimate of drug-likeness (QED) is 0.583. The third-order valence-corrected chi connectivity index (χ3v) is 6.90. The molecule has 10 heteroatoms. The van der Waals surface area contributed by atoms with Crippen molar-refractivity contribution in [3.05, 3.63) is 29.8 Å². The number of amides is 2. The second kappa shape index (κ2) is 10.0. The Balaban J connectivity index is 1.93. The second-order valence-corrected chi connectivity index (χ2v) is 9.53. The van der Waals surface area contributed by atoms with E-state index in [2.05, 4.69) is 0 Å². The molecule has 0 saturated carbocycles. The maximum atomic E-state index is 12.6. The van der Waals surface area contributed by atoms with Gasteiger partial charge >= 0.3 is 5.97 Å². The first-order chi connectivity index (χ1) is 14.1. The number of hydrogen-bond donors (Lipinski definition) is 0. The van der Waals surface area contributed by atoms with Gasteiger partial charge in [-0.05, 0) is 44.0 Å². The molecule has 166 valence electrons. The van der Waals surface area contributed by atoms with Crippen molar-refractivity contribution in [2.24, 2.45) is 5.92 Å². The number of benzene rings is 1. The van der Waals surface area contributed by atoms with Gasteiger partial charge in [-0.15, -0.1) is 0 Å². The lowest BCUT2D eigenvalue weighted by molar-refractivity contribution is -0.151. The highest BCUT2D eigenvalue weighted by atomic mass is 32.2. The molecular formula is C20H29N3O6S. The van der Waals surface area contributed by atoms with Gasteiger partial charge in [-0.2, -0.15) is 0 Å². The minimum absolute atomic E-state index is 0.0900. The summed E-state index contributed by atoms with van der Waals surface area (Å²) in [6.07, 6.45) is 1.09. The smallest absolute Gasteiger partial charge is 0.309 e. The fraction of sp³-hybridized carbons (Fsp3) is 0.550. The predicted molar refractivity (Wildman–Crippen MR) is 110 cm³/mol. The van der Waals surface area contributed by atoms with Crippen LogP contribution in [0.5, 0.6) is 0 Å². The molecule has 0 atom stereocenters. The normalized spacial score (nSPS) is 15.2. The molecule has 1 saturated heterocycles. The van der Waals surface area contributed by atoms with Crippen LogP contribution >= 0.6 is 0 Å². The number of rotatable bonds is 7. The van der Waals surface area contributed by atoms with Crippen LogP contribution in [0, 0.1) is 5.92 Å². The Morgan fingerprint density at radius 3 is 2.13 bits per heavy atom. The zero-order valence-electron chi connectivity index (χ0n) is 17.8. The average molecular weight is 440 g/mol. The highest BCUT2D eigenvalue weighted by molar-refractivity contribution is 7.89. The molecule has 9 nitrogen and oxygen atoms in total. The van der Waals surface area contributed by atoms with Gasteiger partial charge in [-0.3, -0.25) is 14.4 Å². The van der Waals surface area contributed by atoms with E-state index >= 15 is 0 Å². The highest BCUT2D eigenvalue weighted by Crippen LogP contribution is 2.19. The first-order valence-corrected chi connectivity index (χ1v) is 11.2. The van der Waals surface area contributed by atoms with Crippen LogP contribution < -0.4 is 0 Å². The number of piperidine rings is 1. The standard InChI is InChI=1S/C20H29N3O6S/c1-5-29-20(26)16-10-12-23(13-11-16)18(24)14-22(4)19(25)15-6-8-17(9-7-15)30(27,28)21(2)3/h6-9,16H,5,10-14H2,1-4H3. The van der Waals surface area contributed by atoms with Gasteiger partial charge in [-0.25, -0.2) is 12.7 Å². The average Bonchev–Trinajstić information content (AvgIpc) is 2.73. The molecule has 1 aromatic carbocycles. The molecule has 1 aliphatic rings. The van der Waals surface area contributed by atoms with E-state index < -0.39 is 10.0 Å². The topological polar surface area (TPSA) is 104 Å². The molecular weight excluding hydrogens is 410 g/mol. The number of carbonyl (C=O) groups excluding carboxylic acids is 3. The number of likely N-dealkylation sites (N-methyl/N-ethyl adjacent to an activating group) is 1. The maximum Gasteiger partial charge on any atom is 0.309 e. The van der Waals surface area contributed by atoms with E-state index in [1.807, 2.05) is 0 Å². The summed E-state index contributed by atoms with van der Waals surface area (Å²) in [5.41, 5.74) is 0.295. The monoisotopic (exact) mass is 439 g/mol. The number of esters is 1. The number of sulfonamides is 1. The summed E-state index contributed by atoms with van der Waals surface area (Å²) in [5, 5.41) is 0. The summed E-state index contributed by atoms with van der Waals surface area (Å²) in [6.45, 7) is 2.90. The summed E-state index contributed by atoms with van der Waals surface area (Å²) in [5.74, 6) is -0.986. The SMILES string of the molecule is CCOC(=O)C1CCN(C(=O)CN(C)C(=O)c2ccc(S(=O)(=O)N(C)C)cc2)CC1. The molecule has 0 bridgehead atoms. The summed E-state index contributed by atoms with van der Waals surface area (Å²) in [6, 6.07) is 5.62. The lowest BCUT2D eigenvalue weighted by Crippen LogP contribution is -2.45. The molecule has 0 spiro atoms. The molecule has 30 heavy (non-hydrogen) atoms. The Kier molecular flexibility index (Phi) is 7.96. The van der Waals surface area contributed by atoms with Gasteiger partial charge in [0.15, 0.2) is 0 Å². The molecule has 0 N–H and O–H groups in total. The van der Waals surface area contributed by atoms with E-state index in [4.69, 9.17) is 4.74 Å². The molecule has 1 aliphatic heterocycles. The van der Waals surface area contributed by atoms with E-state index in [9.17, 15) is 22.8 Å². The Hall–Kier alpha value is -2.46. The fourth-order valence-electron chi connectivity index (χ4n) is 3.20. The first-order valence-electron chi connectivity index (χ1n) is 9.80. The zero-order chi connectivity index (χ0) is 22.5. The highest BCUT2D eigenvalue weighted by Gasteiger charge is 2.29. The van der Waals surface area contributed by atoms with Crippen LogP contribution in [0.3, 0.4) is 0 Å². The molecule has 0 unspecified atom stereocenters. The summed E-state index contributed by atoms with van der Waals surface area (Å²) in [7, 11) is 0.819. The molecule has 2 rings (SSSR count). The number of hydrogen-bond acceptors (Lipinski definition) is 6. The van der Waals surface area contributed by atoms with Crippen molar-refractivity contribution < 1.29 is 27.5 Å². The van der Waals surface area contributed by atoms with E-state index in [-0.39, 0.29) is 35.1 Å². The molecule has 1 aromatic rings. The maximum absolute atomic E-state index is 12.6. The van der Waals surface area contributed by atoms with Crippen molar-refractivity contribution in [3.8, 4) is 0 Å². The van der Waals surface area contributed by atoms with Gasteiger partial charge in [0.1, 0.15) is 0 Å². The fourth-order valence-corrected chi connectivity index (χ4v) is 4.10.